The summed E-state index contributed by atoms with van der Waals surface area (Å²) >= 11 is 0. The molecule has 0 aromatic heterocycles. The molecule has 0 rings (SSSR count). The maximum absolute atomic E-state index is 9.03. The molecule has 4 heteroatoms. The molecule has 0 aromatic rings. The van der Waals surface area contributed by atoms with Crippen molar-refractivity contribution in [2.45, 2.75) is 25.2 Å². The summed E-state index contributed by atoms with van der Waals surface area (Å²) in [5.41, 5.74) is 0. The average molecular weight is 164 g/mol. The predicted octanol–water partition coefficient (Wildman–Crippen LogP) is 0.191. The van der Waals surface area contributed by atoms with Gasteiger partial charge < -0.3 is 14.6 Å². The van der Waals surface area contributed by atoms with Crippen LogP contribution in [-0.2, 0) is 4.43 Å². The molecule has 3 nitrogen and oxygen atoms in total. The molecule has 1 unspecified atom stereocenters. The summed E-state index contributed by atoms with van der Waals surface area (Å²) in [6, 6.07) is 0.597. The first kappa shape index (κ1) is 10.1. The molecule has 0 spiro atoms. The lowest BCUT2D eigenvalue weighted by Crippen LogP contribution is -2.34. The van der Waals surface area contributed by atoms with Crippen molar-refractivity contribution >= 4 is 8.32 Å². The van der Waals surface area contributed by atoms with E-state index in [4.69, 9.17) is 14.6 Å². The zero-order valence-corrected chi connectivity index (χ0v) is 7.79. The second-order valence-corrected chi connectivity index (χ2v) is 7.34. The molecule has 0 aliphatic rings. The van der Waals surface area contributed by atoms with E-state index in [1.165, 1.54) is 0 Å². The van der Waals surface area contributed by atoms with Crippen molar-refractivity contribution in [3.8, 4) is 0 Å². The summed E-state index contributed by atoms with van der Waals surface area (Å²) < 4.78 is 5.18. The largest absolute Gasteiger partial charge is 0.420 e. The van der Waals surface area contributed by atoms with Gasteiger partial charge in [-0.3, -0.25) is 0 Å². The maximum atomic E-state index is 9.03. The van der Waals surface area contributed by atoms with Gasteiger partial charge in [-0.15, -0.1) is 0 Å². The first-order valence-electron chi connectivity index (χ1n) is 3.36. The van der Waals surface area contributed by atoms with Crippen LogP contribution >= 0.6 is 0 Å². The fourth-order valence-corrected chi connectivity index (χ4v) is 2.15. The van der Waals surface area contributed by atoms with E-state index in [1.54, 1.807) is 7.11 Å². The second kappa shape index (κ2) is 4.08. The van der Waals surface area contributed by atoms with Crippen molar-refractivity contribution in [2.75, 3.05) is 13.7 Å². The Morgan fingerprint density at radius 1 is 1.50 bits per heavy atom. The molecule has 0 saturated carbocycles. The predicted molar refractivity (Wildman–Crippen MR) is 42.4 cm³/mol. The number of hydrogen-bond donors (Lipinski definition) is 2. The highest BCUT2D eigenvalue weighted by atomic mass is 28.4. The highest BCUT2D eigenvalue weighted by molar-refractivity contribution is 6.71. The van der Waals surface area contributed by atoms with E-state index >= 15 is 0 Å². The van der Waals surface area contributed by atoms with Crippen LogP contribution in [0.15, 0.2) is 0 Å². The van der Waals surface area contributed by atoms with Gasteiger partial charge in [0.05, 0.1) is 12.7 Å². The van der Waals surface area contributed by atoms with Gasteiger partial charge in [0.25, 0.3) is 0 Å². The number of aliphatic hydroxyl groups excluding tert-OH is 2. The van der Waals surface area contributed by atoms with Crippen molar-refractivity contribution in [2.24, 2.45) is 0 Å². The Morgan fingerprint density at radius 3 is 2.30 bits per heavy atom. The lowest BCUT2D eigenvalue weighted by atomic mass is 10.4. The first-order chi connectivity index (χ1) is 4.52. The molecule has 0 aliphatic carbocycles. The van der Waals surface area contributed by atoms with E-state index in [9.17, 15) is 0 Å². The topological polar surface area (TPSA) is 49.7 Å². The van der Waals surface area contributed by atoms with Crippen molar-refractivity contribution in [3.63, 3.8) is 0 Å². The second-order valence-electron chi connectivity index (χ2n) is 3.00. The highest BCUT2D eigenvalue weighted by Crippen LogP contribution is 2.11. The zero-order chi connectivity index (χ0) is 8.20. The van der Waals surface area contributed by atoms with Crippen molar-refractivity contribution < 1.29 is 14.6 Å². The summed E-state index contributed by atoms with van der Waals surface area (Å²) in [6.07, 6.45) is -0.610. The Kier molecular flexibility index (Phi) is 4.11. The van der Waals surface area contributed by atoms with E-state index in [-0.39, 0.29) is 6.61 Å². The molecule has 0 radical (unpaired) electrons. The lowest BCUT2D eigenvalue weighted by molar-refractivity contribution is 0.106. The van der Waals surface area contributed by atoms with Crippen LogP contribution in [0, 0.1) is 0 Å². The Morgan fingerprint density at radius 2 is 2.00 bits per heavy atom. The maximum Gasteiger partial charge on any atom is 0.188 e. The summed E-state index contributed by atoms with van der Waals surface area (Å²) in [6.45, 7) is 3.84. The Labute approximate surface area is 62.8 Å². The molecule has 1 atom stereocenters. The van der Waals surface area contributed by atoms with E-state index in [2.05, 4.69) is 0 Å². The van der Waals surface area contributed by atoms with Crippen LogP contribution in [0.3, 0.4) is 0 Å². The van der Waals surface area contributed by atoms with Gasteiger partial charge in [-0.05, 0) is 19.1 Å². The van der Waals surface area contributed by atoms with Gasteiger partial charge >= 0.3 is 0 Å². The smallest absolute Gasteiger partial charge is 0.188 e. The quantitative estimate of drug-likeness (QED) is 0.583. The van der Waals surface area contributed by atoms with Crippen LogP contribution in [0.5, 0.6) is 0 Å². The number of hydrogen-bond acceptors (Lipinski definition) is 3. The third-order valence-electron chi connectivity index (χ3n) is 1.49. The van der Waals surface area contributed by atoms with Gasteiger partial charge in [-0.2, -0.15) is 0 Å². The summed E-state index contributed by atoms with van der Waals surface area (Å²) in [7, 11) is -0.0222. The van der Waals surface area contributed by atoms with E-state index in [0.717, 1.165) is 0 Å². The molecule has 0 aromatic carbocycles. The van der Waals surface area contributed by atoms with Gasteiger partial charge in [0.15, 0.2) is 8.32 Å². The number of aliphatic hydroxyl groups is 2. The molecule has 62 valence electrons. The van der Waals surface area contributed by atoms with Crippen LogP contribution in [0.1, 0.15) is 0 Å². The molecule has 0 aliphatic heterocycles. The van der Waals surface area contributed by atoms with Gasteiger partial charge in [0.1, 0.15) is 0 Å². The van der Waals surface area contributed by atoms with Crippen LogP contribution < -0.4 is 0 Å². The molecule has 2 N–H and O–H groups in total. The molecule has 10 heavy (non-hydrogen) atoms. The highest BCUT2D eigenvalue weighted by Gasteiger charge is 2.24. The van der Waals surface area contributed by atoms with Crippen LogP contribution in [0.2, 0.25) is 19.1 Å². The average Bonchev–Trinajstić information content (AvgIpc) is 1.87. The van der Waals surface area contributed by atoms with E-state index in [1.807, 2.05) is 13.1 Å². The standard InChI is InChI=1S/C6H16O3Si/c1-9-10(2,3)5-6(8)4-7/h6-8H,4-5H2,1-3H3. The minimum atomic E-state index is -1.67. The van der Waals surface area contributed by atoms with Crippen LogP contribution in [0.25, 0.3) is 0 Å². The summed E-state index contributed by atoms with van der Waals surface area (Å²) in [5.74, 6) is 0. The molecule has 0 fully saturated rings. The van der Waals surface area contributed by atoms with Crippen molar-refractivity contribution in [3.05, 3.63) is 0 Å². The zero-order valence-electron chi connectivity index (χ0n) is 6.79. The van der Waals surface area contributed by atoms with Gasteiger partial charge in [-0.25, -0.2) is 0 Å². The number of rotatable bonds is 4. The lowest BCUT2D eigenvalue weighted by Gasteiger charge is -2.21. The third-order valence-corrected chi connectivity index (χ3v) is 4.05. The van der Waals surface area contributed by atoms with Crippen LogP contribution in [0.4, 0.5) is 0 Å². The fraction of sp³-hybridized carbons (Fsp3) is 1.00. The Hall–Kier alpha value is 0.0969. The Balaban J connectivity index is 3.64. The molecule has 0 bridgehead atoms. The van der Waals surface area contributed by atoms with Gasteiger partial charge in [0.2, 0.25) is 0 Å². The van der Waals surface area contributed by atoms with Gasteiger partial charge in [0, 0.05) is 7.11 Å². The summed E-state index contributed by atoms with van der Waals surface area (Å²) in [5, 5.41) is 17.5. The SMILES string of the molecule is CO[Si](C)(C)CC(O)CO. The summed E-state index contributed by atoms with van der Waals surface area (Å²) in [4.78, 5) is 0. The molecule has 0 heterocycles. The van der Waals surface area contributed by atoms with Crippen LogP contribution in [-0.4, -0.2) is 38.4 Å². The normalized spacial score (nSPS) is 15.3. The Bertz CT molecular complexity index is 95.0. The molecular weight excluding hydrogens is 148 g/mol. The molecule has 0 amide bonds. The van der Waals surface area contributed by atoms with Gasteiger partial charge in [-0.1, -0.05) is 0 Å². The monoisotopic (exact) mass is 164 g/mol. The first-order valence-corrected chi connectivity index (χ1v) is 6.47. The van der Waals surface area contributed by atoms with E-state index in [0.29, 0.717) is 6.04 Å². The van der Waals surface area contributed by atoms with Crippen molar-refractivity contribution in [1.29, 1.82) is 0 Å². The van der Waals surface area contributed by atoms with Crippen molar-refractivity contribution in [1.82, 2.24) is 0 Å². The van der Waals surface area contributed by atoms with E-state index < -0.39 is 14.4 Å². The third kappa shape index (κ3) is 4.00. The minimum Gasteiger partial charge on any atom is -0.420 e. The molecular formula is C6H16O3Si. The minimum absolute atomic E-state index is 0.167. The fourth-order valence-electron chi connectivity index (χ4n) is 0.715. The molecule has 0 saturated heterocycles.